The Balaban J connectivity index is 1.88. The van der Waals surface area contributed by atoms with Crippen LogP contribution in [0.2, 0.25) is 0 Å². The molecule has 4 rings (SSSR count). The number of nitriles is 2. The summed E-state index contributed by atoms with van der Waals surface area (Å²) in [6, 6.07) is 10.8. The van der Waals surface area contributed by atoms with Crippen molar-refractivity contribution in [3.8, 4) is 12.1 Å². The lowest BCUT2D eigenvalue weighted by Crippen LogP contribution is -2.72. The van der Waals surface area contributed by atoms with Gasteiger partial charge in [0.05, 0.1) is 17.7 Å². The van der Waals surface area contributed by atoms with Gasteiger partial charge in [0.2, 0.25) is 0 Å². The second-order valence-electron chi connectivity index (χ2n) is 9.38. The highest BCUT2D eigenvalue weighted by atomic mass is 19.4. The Kier molecular flexibility index (Phi) is 5.35. The molecule has 2 aliphatic carbocycles. The van der Waals surface area contributed by atoms with Crippen LogP contribution in [0.1, 0.15) is 69.4 Å². The summed E-state index contributed by atoms with van der Waals surface area (Å²) in [7, 11) is 0. The van der Waals surface area contributed by atoms with E-state index >= 15 is 0 Å². The third kappa shape index (κ3) is 3.04. The van der Waals surface area contributed by atoms with Crippen molar-refractivity contribution in [1.29, 1.82) is 10.5 Å². The lowest BCUT2D eigenvalue weighted by molar-refractivity contribution is -0.151. The highest BCUT2D eigenvalue weighted by Gasteiger charge is 2.64. The van der Waals surface area contributed by atoms with E-state index in [1.807, 2.05) is 4.90 Å². The zero-order valence-electron chi connectivity index (χ0n) is 17.4. The van der Waals surface area contributed by atoms with E-state index in [0.717, 1.165) is 44.6 Å². The average molecular weight is 416 g/mol. The van der Waals surface area contributed by atoms with Crippen molar-refractivity contribution in [2.24, 2.45) is 17.8 Å². The van der Waals surface area contributed by atoms with Gasteiger partial charge in [0, 0.05) is 6.54 Å². The van der Waals surface area contributed by atoms with Crippen molar-refractivity contribution < 1.29 is 13.2 Å². The third-order valence-corrected chi connectivity index (χ3v) is 8.14. The SMILES string of the molecule is CC1[C@H]2CCCC[C@]2(C#N)N(Cc2ccccc2C(F)(F)F)[C@@]2(C#N)CCCC[C@H]12. The number of piperidine rings is 1. The van der Waals surface area contributed by atoms with Crippen LogP contribution in [0.4, 0.5) is 13.2 Å². The Labute approximate surface area is 176 Å². The molecule has 0 aromatic heterocycles. The van der Waals surface area contributed by atoms with Crippen LogP contribution in [0.25, 0.3) is 0 Å². The zero-order chi connectivity index (χ0) is 21.6. The van der Waals surface area contributed by atoms with Gasteiger partial charge in [-0.15, -0.1) is 0 Å². The summed E-state index contributed by atoms with van der Waals surface area (Å²) in [5.74, 6) is 0.414. The number of fused-ring (bicyclic) bond motifs is 2. The molecule has 1 saturated heterocycles. The fourth-order valence-corrected chi connectivity index (χ4v) is 6.85. The van der Waals surface area contributed by atoms with E-state index in [4.69, 9.17) is 0 Å². The van der Waals surface area contributed by atoms with E-state index in [2.05, 4.69) is 19.1 Å². The first-order valence-corrected chi connectivity index (χ1v) is 11.1. The topological polar surface area (TPSA) is 50.8 Å². The average Bonchev–Trinajstić information content (AvgIpc) is 2.76. The van der Waals surface area contributed by atoms with Crippen LogP contribution in [-0.4, -0.2) is 16.0 Å². The summed E-state index contributed by atoms with van der Waals surface area (Å²) < 4.78 is 41.2. The van der Waals surface area contributed by atoms with Crippen molar-refractivity contribution in [3.63, 3.8) is 0 Å². The van der Waals surface area contributed by atoms with Gasteiger partial charge >= 0.3 is 6.18 Å². The molecule has 1 aliphatic heterocycles. The number of alkyl halides is 3. The second kappa shape index (κ2) is 7.57. The molecule has 6 heteroatoms. The van der Waals surface area contributed by atoms with Crippen LogP contribution < -0.4 is 0 Å². The maximum atomic E-state index is 13.7. The highest BCUT2D eigenvalue weighted by molar-refractivity contribution is 5.34. The van der Waals surface area contributed by atoms with Gasteiger partial charge in [0.1, 0.15) is 11.1 Å². The summed E-state index contributed by atoms with van der Waals surface area (Å²) >= 11 is 0. The number of hydrogen-bond donors (Lipinski definition) is 0. The lowest BCUT2D eigenvalue weighted by atomic mass is 9.52. The van der Waals surface area contributed by atoms with Crippen molar-refractivity contribution in [1.82, 2.24) is 4.90 Å². The molecule has 1 aromatic rings. The van der Waals surface area contributed by atoms with Crippen LogP contribution in [0.3, 0.4) is 0 Å². The molecule has 0 spiro atoms. The van der Waals surface area contributed by atoms with Gasteiger partial charge in [0.25, 0.3) is 0 Å². The monoisotopic (exact) mass is 415 g/mol. The fourth-order valence-electron chi connectivity index (χ4n) is 6.85. The molecular weight excluding hydrogens is 387 g/mol. The lowest BCUT2D eigenvalue weighted by Gasteiger charge is -2.64. The van der Waals surface area contributed by atoms with Crippen LogP contribution in [-0.2, 0) is 12.7 Å². The normalized spacial score (nSPS) is 36.8. The van der Waals surface area contributed by atoms with Crippen LogP contribution in [0.5, 0.6) is 0 Å². The van der Waals surface area contributed by atoms with E-state index in [-0.39, 0.29) is 29.9 Å². The van der Waals surface area contributed by atoms with Gasteiger partial charge in [-0.3, -0.25) is 4.90 Å². The van der Waals surface area contributed by atoms with E-state index in [1.54, 1.807) is 6.07 Å². The van der Waals surface area contributed by atoms with Gasteiger partial charge in [-0.2, -0.15) is 23.7 Å². The molecule has 1 heterocycles. The molecule has 0 amide bonds. The van der Waals surface area contributed by atoms with Crippen molar-refractivity contribution in [3.05, 3.63) is 35.4 Å². The first-order chi connectivity index (χ1) is 14.3. The maximum absolute atomic E-state index is 13.7. The van der Waals surface area contributed by atoms with Crippen molar-refractivity contribution in [2.45, 2.75) is 82.1 Å². The molecule has 2 saturated carbocycles. The minimum Gasteiger partial charge on any atom is -0.262 e. The first-order valence-electron chi connectivity index (χ1n) is 11.1. The number of benzene rings is 1. The molecule has 3 nitrogen and oxygen atoms in total. The molecule has 0 radical (unpaired) electrons. The molecule has 1 aromatic carbocycles. The quantitative estimate of drug-likeness (QED) is 0.590. The van der Waals surface area contributed by atoms with E-state index in [9.17, 15) is 23.7 Å². The number of rotatable bonds is 2. The molecule has 3 fully saturated rings. The summed E-state index contributed by atoms with van der Waals surface area (Å²) in [4.78, 5) is 1.94. The Morgan fingerprint density at radius 3 is 2.00 bits per heavy atom. The summed E-state index contributed by atoms with van der Waals surface area (Å²) in [5.41, 5.74) is -2.25. The predicted molar refractivity (Wildman–Crippen MR) is 107 cm³/mol. The molecule has 160 valence electrons. The second-order valence-corrected chi connectivity index (χ2v) is 9.38. The number of hydrogen-bond acceptors (Lipinski definition) is 3. The molecular formula is C24H28F3N3. The van der Waals surface area contributed by atoms with E-state index in [0.29, 0.717) is 12.8 Å². The summed E-state index contributed by atoms with van der Waals surface area (Å²) in [5, 5.41) is 20.9. The Morgan fingerprint density at radius 1 is 0.967 bits per heavy atom. The molecule has 0 N–H and O–H groups in total. The van der Waals surface area contributed by atoms with Gasteiger partial charge in [0.15, 0.2) is 0 Å². The van der Waals surface area contributed by atoms with Gasteiger partial charge in [-0.25, -0.2) is 0 Å². The van der Waals surface area contributed by atoms with Gasteiger partial charge < -0.3 is 0 Å². The van der Waals surface area contributed by atoms with Crippen molar-refractivity contribution in [2.75, 3.05) is 0 Å². The zero-order valence-corrected chi connectivity index (χ0v) is 17.4. The number of likely N-dealkylation sites (tertiary alicyclic amines) is 1. The number of nitrogens with zero attached hydrogens (tertiary/aromatic N) is 3. The first kappa shape index (κ1) is 21.2. The maximum Gasteiger partial charge on any atom is 0.416 e. The molecule has 30 heavy (non-hydrogen) atoms. The van der Waals surface area contributed by atoms with Crippen LogP contribution in [0.15, 0.2) is 24.3 Å². The fraction of sp³-hybridized carbons (Fsp3) is 0.667. The van der Waals surface area contributed by atoms with Gasteiger partial charge in [-0.05, 0) is 55.1 Å². The minimum atomic E-state index is -4.46. The van der Waals surface area contributed by atoms with Crippen LogP contribution in [0, 0.1) is 40.4 Å². The van der Waals surface area contributed by atoms with Gasteiger partial charge in [-0.1, -0.05) is 50.8 Å². The summed E-state index contributed by atoms with van der Waals surface area (Å²) in [6.45, 7) is 2.17. The molecule has 3 aliphatic rings. The molecule has 4 atom stereocenters. The third-order valence-electron chi connectivity index (χ3n) is 8.14. The van der Waals surface area contributed by atoms with Crippen LogP contribution >= 0.6 is 0 Å². The smallest absolute Gasteiger partial charge is 0.262 e. The minimum absolute atomic E-state index is 0.00345. The Morgan fingerprint density at radius 2 is 1.50 bits per heavy atom. The Bertz CT molecular complexity index is 841. The van der Waals surface area contributed by atoms with E-state index < -0.39 is 22.8 Å². The van der Waals surface area contributed by atoms with E-state index in [1.165, 1.54) is 12.1 Å². The highest BCUT2D eigenvalue weighted by Crippen LogP contribution is 2.58. The summed E-state index contributed by atoms with van der Waals surface area (Å²) in [6.07, 6.45) is 2.44. The largest absolute Gasteiger partial charge is 0.416 e. The van der Waals surface area contributed by atoms with Crippen molar-refractivity contribution >= 4 is 0 Å². The molecule has 0 bridgehead atoms. The molecule has 0 unspecified atom stereocenters. The predicted octanol–water partition coefficient (Wildman–Crippen LogP) is 6.06. The standard InChI is InChI=1S/C24H28F3N3/c1-17-19-9-4-6-12-22(19,15-28)30(23(16-29)13-7-5-10-20(17)23)14-18-8-2-3-11-21(18)24(25,26)27/h2-3,8,11,17,19-20H,4-7,9-10,12-14H2,1H3/t19-,20-,22-,23-/m1/s1. The number of halogens is 3. The Hall–Kier alpha value is -2.05.